The van der Waals surface area contributed by atoms with Gasteiger partial charge in [-0.15, -0.1) is 23.2 Å². The first-order chi connectivity index (χ1) is 10.8. The van der Waals surface area contributed by atoms with Gasteiger partial charge < -0.3 is 44.8 Å². The van der Waals surface area contributed by atoms with Crippen LogP contribution < -0.4 is 0 Å². The highest BCUT2D eigenvalue weighted by Crippen LogP contribution is 2.37. The summed E-state index contributed by atoms with van der Waals surface area (Å²) in [4.78, 5) is 0. The van der Waals surface area contributed by atoms with Gasteiger partial charge in [0.1, 0.15) is 42.7 Å². The van der Waals surface area contributed by atoms with E-state index in [4.69, 9.17) is 42.5 Å². The number of rotatable bonds is 5. The Bertz CT molecular complexity index is 401. The van der Waals surface area contributed by atoms with Crippen LogP contribution >= 0.6 is 23.2 Å². The second kappa shape index (κ2) is 7.63. The zero-order valence-electron chi connectivity index (χ0n) is 11.9. The van der Waals surface area contributed by atoms with Crippen molar-refractivity contribution < 1.29 is 44.8 Å². The molecule has 11 heteroatoms. The van der Waals surface area contributed by atoms with Gasteiger partial charge in [-0.05, 0) is 0 Å². The van der Waals surface area contributed by atoms with Gasteiger partial charge in [-0.3, -0.25) is 0 Å². The summed E-state index contributed by atoms with van der Waals surface area (Å²) in [5, 5.41) is 58.6. The van der Waals surface area contributed by atoms with E-state index in [-0.39, 0.29) is 5.88 Å². The molecule has 0 aromatic rings. The van der Waals surface area contributed by atoms with E-state index in [1.54, 1.807) is 0 Å². The Hall–Kier alpha value is 0.220. The molecule has 2 aliphatic heterocycles. The van der Waals surface area contributed by atoms with Gasteiger partial charge in [0.25, 0.3) is 0 Å². The summed E-state index contributed by atoms with van der Waals surface area (Å²) in [6.45, 7) is -0.644. The Morgan fingerprint density at radius 2 is 1.57 bits per heavy atom. The molecule has 0 bridgehead atoms. The molecule has 2 fully saturated rings. The van der Waals surface area contributed by atoms with Crippen LogP contribution in [0, 0.1) is 0 Å². The summed E-state index contributed by atoms with van der Waals surface area (Å²) in [7, 11) is 0. The van der Waals surface area contributed by atoms with E-state index in [2.05, 4.69) is 0 Å². The van der Waals surface area contributed by atoms with Gasteiger partial charge in [0.05, 0.1) is 18.4 Å². The minimum Gasteiger partial charge on any atom is -0.394 e. The molecule has 2 saturated heterocycles. The fraction of sp³-hybridized carbons (Fsp3) is 1.00. The first kappa shape index (κ1) is 19.5. The maximum absolute atomic E-state index is 10.1. The van der Waals surface area contributed by atoms with E-state index in [1.807, 2.05) is 0 Å². The molecule has 0 unspecified atom stereocenters. The number of aliphatic hydroxyl groups is 6. The number of hydrogen-bond donors (Lipinski definition) is 6. The van der Waals surface area contributed by atoms with Crippen molar-refractivity contribution in [3.8, 4) is 0 Å². The van der Waals surface area contributed by atoms with Crippen LogP contribution in [0.5, 0.6) is 0 Å². The average molecular weight is 379 g/mol. The monoisotopic (exact) mass is 378 g/mol. The Balaban J connectivity index is 2.18. The molecular formula is C12H20Cl2O9. The van der Waals surface area contributed by atoms with Crippen LogP contribution in [-0.2, 0) is 14.2 Å². The smallest absolute Gasteiger partial charge is 0.214 e. The summed E-state index contributed by atoms with van der Waals surface area (Å²) >= 11 is 11.4. The minimum absolute atomic E-state index is 0.144. The van der Waals surface area contributed by atoms with E-state index >= 15 is 0 Å². The molecule has 9 atom stereocenters. The van der Waals surface area contributed by atoms with Crippen molar-refractivity contribution in [2.24, 2.45) is 0 Å². The molecule has 0 aromatic heterocycles. The predicted molar refractivity (Wildman–Crippen MR) is 75.9 cm³/mol. The van der Waals surface area contributed by atoms with Crippen LogP contribution in [0.25, 0.3) is 0 Å². The number of halogens is 2. The molecular weight excluding hydrogens is 359 g/mol. The Morgan fingerprint density at radius 3 is 2.04 bits per heavy atom. The number of ether oxygens (including phenoxy) is 3. The molecule has 0 aliphatic carbocycles. The third-order valence-corrected chi connectivity index (χ3v) is 4.69. The molecule has 0 saturated carbocycles. The van der Waals surface area contributed by atoms with Crippen molar-refractivity contribution in [3.63, 3.8) is 0 Å². The number of alkyl halides is 2. The van der Waals surface area contributed by atoms with Crippen LogP contribution in [0.2, 0.25) is 0 Å². The van der Waals surface area contributed by atoms with Gasteiger partial charge in [0, 0.05) is 0 Å². The standard InChI is InChI=1S/C12H20Cl2O9/c13-1-4-7(17)10(20)12(3-14,22-4)23-11-9(19)8(18)6(16)5(2-15)21-11/h4-11,15-20H,1-3H2/t4-,5-,6-,7-,8+,9-,10+,11-,12+/m1/s1. The molecule has 0 spiro atoms. The lowest BCUT2D eigenvalue weighted by Crippen LogP contribution is -2.62. The van der Waals surface area contributed by atoms with Crippen LogP contribution in [-0.4, -0.2) is 104 Å². The quantitative estimate of drug-likeness (QED) is 0.277. The van der Waals surface area contributed by atoms with Gasteiger partial charge in [0.2, 0.25) is 5.79 Å². The lowest BCUT2D eigenvalue weighted by Gasteiger charge is -2.43. The van der Waals surface area contributed by atoms with E-state index in [0.29, 0.717) is 0 Å². The summed E-state index contributed by atoms with van der Waals surface area (Å²) in [5.41, 5.74) is 0. The van der Waals surface area contributed by atoms with Gasteiger partial charge in [0.15, 0.2) is 6.29 Å². The Morgan fingerprint density at radius 1 is 0.913 bits per heavy atom. The molecule has 0 aromatic carbocycles. The normalized spacial score (nSPS) is 51.1. The first-order valence-electron chi connectivity index (χ1n) is 6.95. The highest BCUT2D eigenvalue weighted by atomic mass is 35.5. The largest absolute Gasteiger partial charge is 0.394 e. The second-order valence-electron chi connectivity index (χ2n) is 5.51. The molecule has 2 aliphatic rings. The fourth-order valence-electron chi connectivity index (χ4n) is 2.58. The molecule has 2 rings (SSSR count). The van der Waals surface area contributed by atoms with Gasteiger partial charge >= 0.3 is 0 Å². The molecule has 9 nitrogen and oxygen atoms in total. The van der Waals surface area contributed by atoms with E-state index in [0.717, 1.165) is 0 Å². The van der Waals surface area contributed by atoms with Gasteiger partial charge in [-0.25, -0.2) is 0 Å². The van der Waals surface area contributed by atoms with E-state index < -0.39 is 67.3 Å². The van der Waals surface area contributed by atoms with Crippen molar-refractivity contribution in [1.29, 1.82) is 0 Å². The molecule has 23 heavy (non-hydrogen) atoms. The van der Waals surface area contributed by atoms with Gasteiger partial charge in [-0.2, -0.15) is 0 Å². The minimum atomic E-state index is -1.94. The maximum Gasteiger partial charge on any atom is 0.214 e. The highest BCUT2D eigenvalue weighted by molar-refractivity contribution is 6.19. The summed E-state index contributed by atoms with van der Waals surface area (Å²) in [6, 6.07) is 0. The average Bonchev–Trinajstić information content (AvgIpc) is 2.80. The topological polar surface area (TPSA) is 149 Å². The molecule has 0 radical (unpaired) electrons. The summed E-state index contributed by atoms with van der Waals surface area (Å²) < 4.78 is 15.9. The Kier molecular flexibility index (Phi) is 6.48. The van der Waals surface area contributed by atoms with Crippen LogP contribution in [0.4, 0.5) is 0 Å². The molecule has 136 valence electrons. The van der Waals surface area contributed by atoms with Crippen molar-refractivity contribution in [1.82, 2.24) is 0 Å². The second-order valence-corrected chi connectivity index (χ2v) is 6.08. The lowest BCUT2D eigenvalue weighted by atomic mass is 9.99. The van der Waals surface area contributed by atoms with Crippen LogP contribution in [0.15, 0.2) is 0 Å². The molecule has 2 heterocycles. The Labute approximate surface area is 141 Å². The first-order valence-corrected chi connectivity index (χ1v) is 8.02. The van der Waals surface area contributed by atoms with Crippen molar-refractivity contribution in [2.75, 3.05) is 18.4 Å². The lowest BCUT2D eigenvalue weighted by molar-refractivity contribution is -0.371. The third-order valence-electron chi connectivity index (χ3n) is 4.01. The summed E-state index contributed by atoms with van der Waals surface area (Å²) in [6.07, 6.45) is -11.6. The maximum atomic E-state index is 10.1. The highest BCUT2D eigenvalue weighted by Gasteiger charge is 2.58. The van der Waals surface area contributed by atoms with E-state index in [1.165, 1.54) is 0 Å². The zero-order valence-corrected chi connectivity index (χ0v) is 13.4. The zero-order chi connectivity index (χ0) is 17.4. The van der Waals surface area contributed by atoms with Crippen LogP contribution in [0.3, 0.4) is 0 Å². The van der Waals surface area contributed by atoms with Gasteiger partial charge in [-0.1, -0.05) is 0 Å². The SMILES string of the molecule is OC[C@H]1O[C@H](O[C@]2(CCl)O[C@H](CCl)[C@@H](O)[C@@H]2O)[C@H](O)[C@@H](O)[C@@H]1O. The predicted octanol–water partition coefficient (Wildman–Crippen LogP) is -2.90. The van der Waals surface area contributed by atoms with Crippen molar-refractivity contribution in [2.45, 2.75) is 54.8 Å². The third kappa shape index (κ3) is 3.46. The number of aliphatic hydroxyl groups excluding tert-OH is 6. The molecule has 0 amide bonds. The van der Waals surface area contributed by atoms with Crippen molar-refractivity contribution in [3.05, 3.63) is 0 Å². The molecule has 6 N–H and O–H groups in total. The fourth-order valence-corrected chi connectivity index (χ4v) is 3.11. The summed E-state index contributed by atoms with van der Waals surface area (Å²) in [5.74, 6) is -2.52. The van der Waals surface area contributed by atoms with Crippen LogP contribution in [0.1, 0.15) is 0 Å². The van der Waals surface area contributed by atoms with E-state index in [9.17, 15) is 25.5 Å². The number of hydrogen-bond acceptors (Lipinski definition) is 9. The van der Waals surface area contributed by atoms with Crippen molar-refractivity contribution >= 4 is 23.2 Å².